The SMILES string of the molecule is [2H][C@@](O)(C(=O)O)[C@H](NC(=O)C[C@H](O)CCCCCCCCCCC)[C@@H](OCC[C@H](O)CCCCCCCCCCC)[C@H](O)[C@H](O)CO. The molecule has 1 amide bonds. The van der Waals surface area contributed by atoms with Gasteiger partial charge in [0.25, 0.3) is 0 Å². The Bertz CT molecular complexity index is 775. The van der Waals surface area contributed by atoms with Gasteiger partial charge in [-0.1, -0.05) is 129 Å². The second-order valence-corrected chi connectivity index (χ2v) is 12.8. The highest BCUT2D eigenvalue weighted by atomic mass is 16.5. The molecule has 0 rings (SSSR count). The summed E-state index contributed by atoms with van der Waals surface area (Å²) in [6.07, 6.45) is 9.57. The molecule has 0 fully saturated rings. The molecular weight excluding hydrogens is 594 g/mol. The fourth-order valence-corrected chi connectivity index (χ4v) is 5.57. The van der Waals surface area contributed by atoms with Gasteiger partial charge in [0.15, 0.2) is 6.08 Å². The highest BCUT2D eigenvalue weighted by molar-refractivity contribution is 5.79. The summed E-state index contributed by atoms with van der Waals surface area (Å²) in [6.45, 7) is 3.17. The van der Waals surface area contributed by atoms with E-state index in [2.05, 4.69) is 19.2 Å². The molecule has 8 N–H and O–H groups in total. The van der Waals surface area contributed by atoms with E-state index < -0.39 is 67.5 Å². The molecule has 0 bridgehead atoms. The topological polar surface area (TPSA) is 197 Å². The number of aliphatic hydroxyl groups is 6. The third-order valence-electron chi connectivity index (χ3n) is 8.54. The van der Waals surface area contributed by atoms with Crippen LogP contribution in [0.1, 0.15) is 156 Å². The van der Waals surface area contributed by atoms with Gasteiger partial charge in [-0.2, -0.15) is 0 Å². The van der Waals surface area contributed by atoms with Crippen molar-refractivity contribution in [2.45, 2.75) is 198 Å². The molecular formula is C35H69NO10. The standard InChI is InChI=1S/C35H69NO10/c1-3-5-7-9-11-13-15-17-19-21-27(38)23-24-46-34(32(42)29(40)26-37)31(33(43)35(44)45)36-30(41)25-28(39)22-20-18-16-14-12-10-8-6-4-2/h27-29,31-34,37-40,42-43H,3-26H2,1-2H3,(H,36,41)(H,44,45)/t27-,28-,29-,31+,32-,33+,34-/m1/s1/i33D. The Hall–Kier alpha value is -1.34. The Labute approximate surface area is 279 Å². The van der Waals surface area contributed by atoms with E-state index in [-0.39, 0.29) is 13.0 Å². The summed E-state index contributed by atoms with van der Waals surface area (Å²) in [5, 5.41) is 73.5. The number of aliphatic carboxylic acids is 1. The Morgan fingerprint density at radius 3 is 1.54 bits per heavy atom. The molecule has 0 aromatic heterocycles. The highest BCUT2D eigenvalue weighted by Gasteiger charge is 2.41. The molecule has 0 aromatic carbocycles. The Morgan fingerprint density at radius 1 is 0.674 bits per heavy atom. The van der Waals surface area contributed by atoms with Crippen molar-refractivity contribution in [2.24, 2.45) is 0 Å². The first-order chi connectivity index (χ1) is 22.4. The number of amides is 1. The third-order valence-corrected chi connectivity index (χ3v) is 8.54. The predicted octanol–water partition coefficient (Wildman–Crippen LogP) is 4.36. The molecule has 0 saturated carbocycles. The number of carboxylic acid groups (broad SMARTS) is 1. The number of aliphatic hydroxyl groups excluding tert-OH is 5. The lowest BCUT2D eigenvalue weighted by atomic mass is 9.95. The van der Waals surface area contributed by atoms with Gasteiger partial charge in [-0.15, -0.1) is 0 Å². The summed E-state index contributed by atoms with van der Waals surface area (Å²) in [5.74, 6) is -2.92. The molecule has 0 aliphatic heterocycles. The molecule has 0 radical (unpaired) electrons. The van der Waals surface area contributed by atoms with Crippen molar-refractivity contribution in [1.82, 2.24) is 5.32 Å². The van der Waals surface area contributed by atoms with Crippen LogP contribution < -0.4 is 5.32 Å². The van der Waals surface area contributed by atoms with E-state index in [4.69, 9.17) is 6.11 Å². The number of rotatable bonds is 33. The summed E-state index contributed by atoms with van der Waals surface area (Å²) in [5.41, 5.74) is 0. The summed E-state index contributed by atoms with van der Waals surface area (Å²) in [4.78, 5) is 24.7. The van der Waals surface area contributed by atoms with Crippen molar-refractivity contribution in [1.29, 1.82) is 0 Å². The molecule has 274 valence electrons. The van der Waals surface area contributed by atoms with Crippen LogP contribution in [0.5, 0.6) is 0 Å². The van der Waals surface area contributed by atoms with Gasteiger partial charge in [-0.25, -0.2) is 4.79 Å². The number of ether oxygens (including phenoxy) is 1. The molecule has 0 saturated heterocycles. The molecule has 0 unspecified atom stereocenters. The van der Waals surface area contributed by atoms with E-state index in [0.29, 0.717) is 19.3 Å². The Morgan fingerprint density at radius 2 is 1.11 bits per heavy atom. The molecule has 11 nitrogen and oxygen atoms in total. The van der Waals surface area contributed by atoms with Crippen molar-refractivity contribution in [3.63, 3.8) is 0 Å². The molecule has 0 spiro atoms. The van der Waals surface area contributed by atoms with Crippen molar-refractivity contribution in [3.8, 4) is 0 Å². The summed E-state index contributed by atoms with van der Waals surface area (Å²) < 4.78 is 13.7. The van der Waals surface area contributed by atoms with Crippen LogP contribution in [0.3, 0.4) is 0 Å². The van der Waals surface area contributed by atoms with Crippen molar-refractivity contribution in [2.75, 3.05) is 13.2 Å². The second kappa shape index (κ2) is 29.8. The zero-order valence-electron chi connectivity index (χ0n) is 29.8. The van der Waals surface area contributed by atoms with Gasteiger partial charge in [0.2, 0.25) is 5.91 Å². The van der Waals surface area contributed by atoms with Crippen LogP contribution in [-0.2, 0) is 14.3 Å². The number of carbonyl (C=O) groups excluding carboxylic acids is 1. The van der Waals surface area contributed by atoms with Crippen molar-refractivity contribution >= 4 is 11.9 Å². The normalized spacial score (nSPS) is 17.3. The van der Waals surface area contributed by atoms with E-state index in [9.17, 15) is 45.3 Å². The number of carbonyl (C=O) groups is 2. The fraction of sp³-hybridized carbons (Fsp3) is 0.943. The van der Waals surface area contributed by atoms with Crippen LogP contribution in [0, 0.1) is 0 Å². The average molecular weight is 665 g/mol. The molecule has 0 aliphatic carbocycles. The maximum Gasteiger partial charge on any atom is 0.334 e. The molecule has 7 atom stereocenters. The molecule has 0 aromatic rings. The van der Waals surface area contributed by atoms with Crippen LogP contribution in [0.2, 0.25) is 0 Å². The van der Waals surface area contributed by atoms with E-state index in [1.807, 2.05) is 0 Å². The summed E-state index contributed by atoms with van der Waals surface area (Å²) >= 11 is 0. The van der Waals surface area contributed by atoms with Crippen LogP contribution in [0.4, 0.5) is 0 Å². The second-order valence-electron chi connectivity index (χ2n) is 12.8. The minimum Gasteiger partial charge on any atom is -0.479 e. The minimum atomic E-state index is -3.40. The van der Waals surface area contributed by atoms with Gasteiger partial charge >= 0.3 is 5.97 Å². The lowest BCUT2D eigenvalue weighted by Gasteiger charge is -2.35. The molecule has 46 heavy (non-hydrogen) atoms. The quantitative estimate of drug-likeness (QED) is 0.0467. The van der Waals surface area contributed by atoms with Gasteiger partial charge in [0, 0.05) is 6.61 Å². The van der Waals surface area contributed by atoms with Gasteiger partial charge in [-0.05, 0) is 19.3 Å². The van der Waals surface area contributed by atoms with E-state index in [1.54, 1.807) is 0 Å². The van der Waals surface area contributed by atoms with Crippen LogP contribution in [-0.4, -0.2) is 103 Å². The first-order valence-electron chi connectivity index (χ1n) is 18.6. The third kappa shape index (κ3) is 23.1. The number of carboxylic acids is 1. The molecule has 11 heteroatoms. The maximum absolute atomic E-state index is 12.9. The summed E-state index contributed by atoms with van der Waals surface area (Å²) in [7, 11) is 0. The molecule has 0 heterocycles. The van der Waals surface area contributed by atoms with Gasteiger partial charge < -0.3 is 45.8 Å². The van der Waals surface area contributed by atoms with Gasteiger partial charge in [0.1, 0.15) is 18.3 Å². The lowest BCUT2D eigenvalue weighted by molar-refractivity contribution is -0.161. The minimum absolute atomic E-state index is 0.0804. The number of unbranched alkanes of at least 4 members (excludes halogenated alkanes) is 16. The largest absolute Gasteiger partial charge is 0.479 e. The van der Waals surface area contributed by atoms with Gasteiger partial charge in [-0.3, -0.25) is 4.79 Å². The monoisotopic (exact) mass is 664 g/mol. The van der Waals surface area contributed by atoms with Crippen LogP contribution in [0.25, 0.3) is 0 Å². The van der Waals surface area contributed by atoms with Gasteiger partial charge in [0.05, 0.1) is 32.6 Å². The fourth-order valence-electron chi connectivity index (χ4n) is 5.57. The number of hydrogen-bond acceptors (Lipinski definition) is 9. The highest BCUT2D eigenvalue weighted by Crippen LogP contribution is 2.18. The van der Waals surface area contributed by atoms with E-state index in [1.165, 1.54) is 64.2 Å². The zero-order chi connectivity index (χ0) is 35.5. The zero-order valence-corrected chi connectivity index (χ0v) is 28.8. The molecule has 0 aliphatic rings. The predicted molar refractivity (Wildman–Crippen MR) is 179 cm³/mol. The lowest BCUT2D eigenvalue weighted by Crippen LogP contribution is -2.60. The maximum atomic E-state index is 12.9. The number of nitrogens with one attached hydrogen (secondary N) is 1. The van der Waals surface area contributed by atoms with E-state index >= 15 is 0 Å². The van der Waals surface area contributed by atoms with Crippen LogP contribution in [0.15, 0.2) is 0 Å². The van der Waals surface area contributed by atoms with E-state index in [0.717, 1.165) is 44.9 Å². The average Bonchev–Trinajstić information content (AvgIpc) is 3.03. The van der Waals surface area contributed by atoms with Crippen LogP contribution >= 0.6 is 0 Å². The Balaban J connectivity index is 5.05. The first kappa shape index (κ1) is 42.7. The number of hydrogen-bond donors (Lipinski definition) is 8. The Kier molecular flexibility index (Phi) is 27.6. The summed E-state index contributed by atoms with van der Waals surface area (Å²) in [6, 6.07) is -2.09. The first-order valence-corrected chi connectivity index (χ1v) is 18.1. The smallest absolute Gasteiger partial charge is 0.334 e. The van der Waals surface area contributed by atoms with Crippen molar-refractivity contribution < 1.29 is 51.4 Å². The van der Waals surface area contributed by atoms with Crippen molar-refractivity contribution in [3.05, 3.63) is 0 Å².